The number of hydrogen-bond acceptors (Lipinski definition) is 4. The Morgan fingerprint density at radius 3 is 2.43 bits per heavy atom. The molecule has 0 unspecified atom stereocenters. The first-order valence-corrected chi connectivity index (χ1v) is 10.8. The van der Waals surface area contributed by atoms with E-state index in [4.69, 9.17) is 16.0 Å². The molecule has 0 amide bonds. The number of benzene rings is 2. The minimum atomic E-state index is -3.26. The lowest BCUT2D eigenvalue weighted by Crippen LogP contribution is -2.21. The highest BCUT2D eigenvalue weighted by molar-refractivity contribution is 7.90. The fourth-order valence-corrected chi connectivity index (χ4v) is 3.95. The molecule has 0 atom stereocenters. The average Bonchev–Trinajstić information content (AvgIpc) is 3.18. The molecule has 0 bridgehead atoms. The lowest BCUT2D eigenvalue weighted by atomic mass is 10.1. The van der Waals surface area contributed by atoms with Crippen LogP contribution in [0.4, 0.5) is 0 Å². The summed E-state index contributed by atoms with van der Waals surface area (Å²) in [4.78, 5) is 13.2. The number of furan rings is 1. The molecule has 0 N–H and O–H groups in total. The van der Waals surface area contributed by atoms with Gasteiger partial charge in [0.25, 0.3) is 5.56 Å². The van der Waals surface area contributed by atoms with Gasteiger partial charge in [-0.1, -0.05) is 23.7 Å². The van der Waals surface area contributed by atoms with E-state index in [0.29, 0.717) is 22.7 Å². The van der Waals surface area contributed by atoms with Gasteiger partial charge in [0.1, 0.15) is 5.76 Å². The van der Waals surface area contributed by atoms with Gasteiger partial charge in [-0.25, -0.2) is 8.42 Å². The van der Waals surface area contributed by atoms with Crippen LogP contribution in [-0.4, -0.2) is 19.2 Å². The van der Waals surface area contributed by atoms with Crippen LogP contribution >= 0.6 is 11.6 Å². The number of nitrogens with zero attached hydrogens (tertiary/aromatic N) is 1. The molecule has 0 saturated carbocycles. The summed E-state index contributed by atoms with van der Waals surface area (Å²) in [6, 6.07) is 15.3. The maximum absolute atomic E-state index is 13.0. The van der Waals surface area contributed by atoms with Crippen molar-refractivity contribution in [2.45, 2.75) is 11.4 Å². The molecule has 5 nitrogen and oxygen atoms in total. The van der Waals surface area contributed by atoms with Crippen molar-refractivity contribution in [3.63, 3.8) is 0 Å². The van der Waals surface area contributed by atoms with Crippen LogP contribution in [0.3, 0.4) is 0 Å². The molecule has 142 valence electrons. The standard InChI is InChI=1S/C21H16ClNO4S/c1-28(25,26)16-7-4-14(5-8-16)12-23-13-19(20-3-2-10-27-20)18-11-15(22)6-9-17(18)21(23)24/h2-11,13H,12H2,1H3. The summed E-state index contributed by atoms with van der Waals surface area (Å²) in [5.74, 6) is 0.633. The predicted molar refractivity (Wildman–Crippen MR) is 110 cm³/mol. The highest BCUT2D eigenvalue weighted by Crippen LogP contribution is 2.29. The molecule has 0 radical (unpaired) electrons. The Bertz CT molecular complexity index is 1320. The SMILES string of the molecule is CS(=O)(=O)c1ccc(Cn2cc(-c3ccco3)c3cc(Cl)ccc3c2=O)cc1. The number of halogens is 1. The highest BCUT2D eigenvalue weighted by Gasteiger charge is 2.14. The van der Waals surface area contributed by atoms with Gasteiger partial charge >= 0.3 is 0 Å². The normalized spacial score (nSPS) is 11.8. The van der Waals surface area contributed by atoms with E-state index in [2.05, 4.69) is 0 Å². The zero-order valence-electron chi connectivity index (χ0n) is 14.9. The van der Waals surface area contributed by atoms with Crippen LogP contribution in [0, 0.1) is 0 Å². The Labute approximate surface area is 166 Å². The summed E-state index contributed by atoms with van der Waals surface area (Å²) in [6.07, 6.45) is 4.48. The van der Waals surface area contributed by atoms with Crippen LogP contribution in [0.5, 0.6) is 0 Å². The molecule has 0 aliphatic carbocycles. The van der Waals surface area contributed by atoms with E-state index in [1.165, 1.54) is 0 Å². The van der Waals surface area contributed by atoms with Crippen molar-refractivity contribution in [3.8, 4) is 11.3 Å². The van der Waals surface area contributed by atoms with Crippen LogP contribution in [0.25, 0.3) is 22.1 Å². The lowest BCUT2D eigenvalue weighted by Gasteiger charge is -2.12. The van der Waals surface area contributed by atoms with Crippen LogP contribution in [-0.2, 0) is 16.4 Å². The van der Waals surface area contributed by atoms with Crippen molar-refractivity contribution in [1.29, 1.82) is 0 Å². The number of pyridine rings is 1. The molecular formula is C21H16ClNO4S. The molecule has 0 aliphatic rings. The Kier molecular flexibility index (Phi) is 4.61. The third kappa shape index (κ3) is 3.48. The van der Waals surface area contributed by atoms with Crippen LogP contribution in [0.1, 0.15) is 5.56 Å². The summed E-state index contributed by atoms with van der Waals surface area (Å²) in [7, 11) is -3.26. The van der Waals surface area contributed by atoms with E-state index < -0.39 is 9.84 Å². The molecule has 0 spiro atoms. The van der Waals surface area contributed by atoms with Gasteiger partial charge in [-0.2, -0.15) is 0 Å². The number of aromatic nitrogens is 1. The molecule has 2 aromatic carbocycles. The average molecular weight is 414 g/mol. The van der Waals surface area contributed by atoms with Crippen molar-refractivity contribution < 1.29 is 12.8 Å². The van der Waals surface area contributed by atoms with Crippen molar-refractivity contribution >= 4 is 32.2 Å². The second-order valence-corrected chi connectivity index (χ2v) is 9.01. The summed E-state index contributed by atoms with van der Waals surface area (Å²) in [5, 5.41) is 1.79. The van der Waals surface area contributed by atoms with Crippen molar-refractivity contribution in [3.05, 3.63) is 88.0 Å². The van der Waals surface area contributed by atoms with E-state index in [1.807, 2.05) is 6.07 Å². The smallest absolute Gasteiger partial charge is 0.258 e. The summed E-state index contributed by atoms with van der Waals surface area (Å²) >= 11 is 6.14. The second kappa shape index (κ2) is 6.96. The topological polar surface area (TPSA) is 69.3 Å². The van der Waals surface area contributed by atoms with E-state index in [9.17, 15) is 13.2 Å². The van der Waals surface area contributed by atoms with E-state index in [1.54, 1.807) is 65.6 Å². The summed E-state index contributed by atoms with van der Waals surface area (Å²) < 4.78 is 30.4. The molecule has 0 aliphatic heterocycles. The first kappa shape index (κ1) is 18.5. The Balaban J connectivity index is 1.85. The second-order valence-electron chi connectivity index (χ2n) is 6.56. The third-order valence-corrected chi connectivity index (χ3v) is 5.90. The maximum Gasteiger partial charge on any atom is 0.258 e. The first-order chi connectivity index (χ1) is 13.3. The molecule has 2 heterocycles. The van der Waals surface area contributed by atoms with Gasteiger partial charge in [0.2, 0.25) is 0 Å². The van der Waals surface area contributed by atoms with Gasteiger partial charge in [0.05, 0.1) is 17.7 Å². The van der Waals surface area contributed by atoms with Crippen LogP contribution in [0.2, 0.25) is 5.02 Å². The minimum absolute atomic E-state index is 0.158. The van der Waals surface area contributed by atoms with Gasteiger partial charge in [-0.3, -0.25) is 4.79 Å². The molecule has 2 aromatic heterocycles. The Morgan fingerprint density at radius 1 is 1.04 bits per heavy atom. The third-order valence-electron chi connectivity index (χ3n) is 4.54. The fourth-order valence-electron chi connectivity index (χ4n) is 3.15. The molecular weight excluding hydrogens is 398 g/mol. The number of rotatable bonds is 4. The van der Waals surface area contributed by atoms with Gasteiger partial charge in [0, 0.05) is 33.8 Å². The van der Waals surface area contributed by atoms with Gasteiger partial charge < -0.3 is 8.98 Å². The first-order valence-electron chi connectivity index (χ1n) is 8.48. The number of sulfone groups is 1. The summed E-state index contributed by atoms with van der Waals surface area (Å²) in [5.41, 5.74) is 1.41. The fraction of sp³-hybridized carbons (Fsp3) is 0.0952. The molecule has 0 saturated heterocycles. The number of fused-ring (bicyclic) bond motifs is 1. The molecule has 4 rings (SSSR count). The monoisotopic (exact) mass is 413 g/mol. The van der Waals surface area contributed by atoms with E-state index >= 15 is 0 Å². The maximum atomic E-state index is 13.0. The quantitative estimate of drug-likeness (QED) is 0.498. The predicted octanol–water partition coefficient (Wildman–Crippen LogP) is 4.37. The molecule has 4 aromatic rings. The largest absolute Gasteiger partial charge is 0.464 e. The van der Waals surface area contributed by atoms with Crippen LogP contribution in [0.15, 0.2) is 81.2 Å². The van der Waals surface area contributed by atoms with Crippen molar-refractivity contribution in [2.75, 3.05) is 6.26 Å². The van der Waals surface area contributed by atoms with Crippen LogP contribution < -0.4 is 5.56 Å². The van der Waals surface area contributed by atoms with Gasteiger partial charge in [-0.15, -0.1) is 0 Å². The van der Waals surface area contributed by atoms with E-state index in [0.717, 1.165) is 22.8 Å². The van der Waals surface area contributed by atoms with Gasteiger partial charge in [-0.05, 0) is 48.0 Å². The number of hydrogen-bond donors (Lipinski definition) is 0. The molecule has 0 fully saturated rings. The van der Waals surface area contributed by atoms with Crippen molar-refractivity contribution in [1.82, 2.24) is 4.57 Å². The van der Waals surface area contributed by atoms with Gasteiger partial charge in [0.15, 0.2) is 9.84 Å². The lowest BCUT2D eigenvalue weighted by molar-refractivity contribution is 0.581. The highest BCUT2D eigenvalue weighted by atomic mass is 35.5. The van der Waals surface area contributed by atoms with Crippen molar-refractivity contribution in [2.24, 2.45) is 0 Å². The van der Waals surface area contributed by atoms with E-state index in [-0.39, 0.29) is 10.5 Å². The Morgan fingerprint density at radius 2 is 1.79 bits per heavy atom. The molecule has 7 heteroatoms. The summed E-state index contributed by atoms with van der Waals surface area (Å²) in [6.45, 7) is 0.301. The zero-order valence-corrected chi connectivity index (χ0v) is 16.5. The zero-order chi connectivity index (χ0) is 19.9. The Hall–Kier alpha value is -2.83. The molecule has 28 heavy (non-hydrogen) atoms. The minimum Gasteiger partial charge on any atom is -0.464 e.